The second-order valence-corrected chi connectivity index (χ2v) is 8.12. The number of carbonyl (C=O) groups is 2. The Morgan fingerprint density at radius 2 is 1.64 bits per heavy atom. The number of esters is 2. The van der Waals surface area contributed by atoms with E-state index in [0.717, 1.165) is 50.7 Å². The van der Waals surface area contributed by atoms with Crippen molar-refractivity contribution in [1.29, 1.82) is 0 Å². The highest BCUT2D eigenvalue weighted by atomic mass is 16.6. The van der Waals surface area contributed by atoms with Crippen LogP contribution in [0.25, 0.3) is 0 Å². The molecule has 0 atom stereocenters. The molecule has 28 heavy (non-hydrogen) atoms. The van der Waals surface area contributed by atoms with Gasteiger partial charge in [0.25, 0.3) is 0 Å². The molecule has 0 heterocycles. The van der Waals surface area contributed by atoms with Gasteiger partial charge in [0, 0.05) is 0 Å². The number of unbranched alkanes of at least 4 members (excludes halogenated alkanes) is 2. The van der Waals surface area contributed by atoms with E-state index in [1.54, 1.807) is 21.0 Å². The molecule has 0 aromatic heterocycles. The molecule has 0 radical (unpaired) electrons. The molecule has 1 fully saturated rings. The summed E-state index contributed by atoms with van der Waals surface area (Å²) in [7, 11) is 1.66. The molecule has 0 spiro atoms. The van der Waals surface area contributed by atoms with Gasteiger partial charge >= 0.3 is 11.9 Å². The summed E-state index contributed by atoms with van der Waals surface area (Å²) in [6.07, 6.45) is 6.31. The molecular formula is C23H34O5. The van der Waals surface area contributed by atoms with Gasteiger partial charge in [0.2, 0.25) is 0 Å². The van der Waals surface area contributed by atoms with Gasteiger partial charge in [-0.1, -0.05) is 31.9 Å². The van der Waals surface area contributed by atoms with Gasteiger partial charge in [0.15, 0.2) is 5.41 Å². The largest absolute Gasteiger partial charge is 0.497 e. The maximum absolute atomic E-state index is 12.5. The zero-order valence-corrected chi connectivity index (χ0v) is 17.7. The average Bonchev–Trinajstić information content (AvgIpc) is 2.71. The summed E-state index contributed by atoms with van der Waals surface area (Å²) >= 11 is 0. The van der Waals surface area contributed by atoms with Gasteiger partial charge in [-0.15, -0.1) is 0 Å². The summed E-state index contributed by atoms with van der Waals surface area (Å²) in [6.45, 7) is 5.61. The van der Waals surface area contributed by atoms with Crippen LogP contribution in [0, 0.1) is 5.41 Å². The average molecular weight is 391 g/mol. The minimum atomic E-state index is -1.26. The van der Waals surface area contributed by atoms with E-state index < -0.39 is 17.4 Å². The monoisotopic (exact) mass is 390 g/mol. The van der Waals surface area contributed by atoms with Crippen molar-refractivity contribution in [2.45, 2.75) is 77.7 Å². The fourth-order valence-electron chi connectivity index (χ4n) is 3.47. The molecule has 5 heteroatoms. The van der Waals surface area contributed by atoms with E-state index in [1.807, 2.05) is 12.1 Å². The molecule has 0 amide bonds. The Kier molecular flexibility index (Phi) is 8.34. The molecule has 0 unspecified atom stereocenters. The van der Waals surface area contributed by atoms with Gasteiger partial charge in [0.1, 0.15) is 11.9 Å². The fourth-order valence-corrected chi connectivity index (χ4v) is 3.47. The maximum atomic E-state index is 12.5. The first-order valence-electron chi connectivity index (χ1n) is 10.4. The lowest BCUT2D eigenvalue weighted by molar-refractivity contribution is -0.174. The van der Waals surface area contributed by atoms with E-state index in [9.17, 15) is 9.59 Å². The second kappa shape index (κ2) is 10.5. The lowest BCUT2D eigenvalue weighted by Gasteiger charge is -2.31. The Morgan fingerprint density at radius 1 is 1.00 bits per heavy atom. The van der Waals surface area contributed by atoms with Crippen molar-refractivity contribution in [1.82, 2.24) is 0 Å². The van der Waals surface area contributed by atoms with Crippen LogP contribution in [-0.2, 0) is 19.1 Å². The lowest BCUT2D eigenvalue weighted by atomic mass is 9.82. The van der Waals surface area contributed by atoms with Crippen molar-refractivity contribution < 1.29 is 23.8 Å². The van der Waals surface area contributed by atoms with Gasteiger partial charge in [-0.2, -0.15) is 0 Å². The van der Waals surface area contributed by atoms with Crippen molar-refractivity contribution >= 4 is 11.9 Å². The molecule has 1 saturated carbocycles. The molecule has 1 aliphatic carbocycles. The minimum Gasteiger partial charge on any atom is -0.497 e. The van der Waals surface area contributed by atoms with Crippen LogP contribution in [0.1, 0.15) is 77.2 Å². The number of hydrogen-bond acceptors (Lipinski definition) is 5. The first-order valence-corrected chi connectivity index (χ1v) is 10.4. The molecule has 1 aromatic rings. The van der Waals surface area contributed by atoms with Crippen molar-refractivity contribution in [2.75, 3.05) is 13.7 Å². The molecule has 1 aliphatic rings. The third kappa shape index (κ3) is 5.98. The molecule has 156 valence electrons. The van der Waals surface area contributed by atoms with E-state index in [1.165, 1.54) is 5.56 Å². The highest BCUT2D eigenvalue weighted by Crippen LogP contribution is 2.35. The Morgan fingerprint density at radius 3 is 2.21 bits per heavy atom. The Balaban J connectivity index is 1.80. The van der Waals surface area contributed by atoms with E-state index in [-0.39, 0.29) is 6.10 Å². The van der Waals surface area contributed by atoms with Crippen LogP contribution >= 0.6 is 0 Å². The smallest absolute Gasteiger partial charge is 0.323 e. The molecule has 0 aliphatic heterocycles. The van der Waals surface area contributed by atoms with Gasteiger partial charge in [-0.25, -0.2) is 0 Å². The summed E-state index contributed by atoms with van der Waals surface area (Å²) < 4.78 is 16.1. The number of benzene rings is 1. The van der Waals surface area contributed by atoms with Crippen LogP contribution in [0.5, 0.6) is 5.75 Å². The summed E-state index contributed by atoms with van der Waals surface area (Å²) in [4.78, 5) is 24.8. The summed E-state index contributed by atoms with van der Waals surface area (Å²) in [5.74, 6) is 0.342. The predicted octanol–water partition coefficient (Wildman–Crippen LogP) is 5.02. The van der Waals surface area contributed by atoms with Crippen LogP contribution < -0.4 is 4.74 Å². The Hall–Kier alpha value is -2.04. The van der Waals surface area contributed by atoms with Crippen LogP contribution in [0.2, 0.25) is 0 Å². The standard InChI is InChI=1S/C23H34O5/c1-5-6-7-16-27-21(24)23(2,3)22(25)28-20-14-10-18(11-15-20)17-8-12-19(26-4)13-9-17/h8-9,12-13,18,20H,5-7,10-11,14-16H2,1-4H3. The fraction of sp³-hybridized carbons (Fsp3) is 0.652. The van der Waals surface area contributed by atoms with E-state index in [0.29, 0.717) is 12.5 Å². The van der Waals surface area contributed by atoms with E-state index >= 15 is 0 Å². The maximum Gasteiger partial charge on any atom is 0.323 e. The zero-order valence-electron chi connectivity index (χ0n) is 17.7. The van der Waals surface area contributed by atoms with E-state index in [4.69, 9.17) is 14.2 Å². The minimum absolute atomic E-state index is 0.130. The lowest BCUT2D eigenvalue weighted by Crippen LogP contribution is -2.39. The third-order valence-electron chi connectivity index (χ3n) is 5.54. The highest BCUT2D eigenvalue weighted by Gasteiger charge is 2.41. The van der Waals surface area contributed by atoms with Gasteiger partial charge in [-0.3, -0.25) is 9.59 Å². The molecular weight excluding hydrogens is 356 g/mol. The number of carbonyl (C=O) groups excluding carboxylic acids is 2. The number of ether oxygens (including phenoxy) is 3. The predicted molar refractivity (Wildman–Crippen MR) is 108 cm³/mol. The first-order chi connectivity index (χ1) is 13.4. The topological polar surface area (TPSA) is 61.8 Å². The van der Waals surface area contributed by atoms with Crippen LogP contribution in [0.3, 0.4) is 0 Å². The quantitative estimate of drug-likeness (QED) is 0.336. The Bertz CT molecular complexity index is 627. The number of hydrogen-bond donors (Lipinski definition) is 0. The van der Waals surface area contributed by atoms with Crippen LogP contribution in [0.15, 0.2) is 24.3 Å². The molecule has 0 N–H and O–H groups in total. The highest BCUT2D eigenvalue weighted by molar-refractivity contribution is 5.99. The second-order valence-electron chi connectivity index (χ2n) is 8.12. The molecule has 5 nitrogen and oxygen atoms in total. The molecule has 1 aromatic carbocycles. The van der Waals surface area contributed by atoms with Crippen molar-refractivity contribution in [3.63, 3.8) is 0 Å². The van der Waals surface area contributed by atoms with Gasteiger partial charge < -0.3 is 14.2 Å². The van der Waals surface area contributed by atoms with Crippen molar-refractivity contribution in [2.24, 2.45) is 5.41 Å². The van der Waals surface area contributed by atoms with Gasteiger partial charge in [-0.05, 0) is 69.6 Å². The zero-order chi connectivity index (χ0) is 20.6. The normalized spacial score (nSPS) is 19.7. The van der Waals surface area contributed by atoms with E-state index in [2.05, 4.69) is 19.1 Å². The third-order valence-corrected chi connectivity index (χ3v) is 5.54. The van der Waals surface area contributed by atoms with Crippen LogP contribution in [-0.4, -0.2) is 31.8 Å². The van der Waals surface area contributed by atoms with Gasteiger partial charge in [0.05, 0.1) is 13.7 Å². The summed E-state index contributed by atoms with van der Waals surface area (Å²) in [5.41, 5.74) is 0.0283. The van der Waals surface area contributed by atoms with Crippen LogP contribution in [0.4, 0.5) is 0 Å². The SMILES string of the molecule is CCCCCOC(=O)C(C)(C)C(=O)OC1CCC(c2ccc(OC)cc2)CC1. The Labute approximate surface area is 168 Å². The molecule has 2 rings (SSSR count). The van der Waals surface area contributed by atoms with Crippen molar-refractivity contribution in [3.05, 3.63) is 29.8 Å². The number of methoxy groups -OCH3 is 1. The summed E-state index contributed by atoms with van der Waals surface area (Å²) in [6, 6.07) is 8.17. The molecule has 0 bridgehead atoms. The molecule has 0 saturated heterocycles. The first kappa shape index (κ1) is 22.3. The van der Waals surface area contributed by atoms with Crippen molar-refractivity contribution in [3.8, 4) is 5.75 Å². The number of rotatable bonds is 9. The summed E-state index contributed by atoms with van der Waals surface area (Å²) in [5, 5.41) is 0.